The van der Waals surface area contributed by atoms with E-state index in [2.05, 4.69) is 11.1 Å². The van der Waals surface area contributed by atoms with E-state index in [9.17, 15) is 30.3 Å². The molecule has 0 fully saturated rings. The molecule has 13 nitrogen and oxygen atoms in total. The number of hydrogen-bond donors (Lipinski definition) is 1. The summed E-state index contributed by atoms with van der Waals surface area (Å²) in [6.45, 7) is 1.22. The topological polar surface area (TPSA) is 180 Å². The van der Waals surface area contributed by atoms with Gasteiger partial charge in [-0.15, -0.1) is 0 Å². The van der Waals surface area contributed by atoms with Crippen molar-refractivity contribution in [2.45, 2.75) is 6.42 Å². The zero-order valence-corrected chi connectivity index (χ0v) is 14.5. The molecule has 0 atom stereocenters. The predicted octanol–water partition coefficient (Wildman–Crippen LogP) is 2.51. The summed E-state index contributed by atoms with van der Waals surface area (Å²) in [6.07, 6.45) is 2.91. The number of non-ortho nitro benzene ring substituents is 1. The Morgan fingerprint density at radius 2 is 1.48 bits per heavy atom. The first kappa shape index (κ1) is 19.5. The molecular weight excluding hydrogens is 392 g/mol. The molecule has 4 rings (SSSR count). The lowest BCUT2D eigenvalue weighted by Gasteiger charge is -2.09. The van der Waals surface area contributed by atoms with Gasteiger partial charge in [0.2, 0.25) is 6.79 Å². The second-order valence-electron chi connectivity index (χ2n) is 5.79. The number of fused-ring (bicyclic) bond motifs is 2. The molecule has 0 aliphatic carbocycles. The van der Waals surface area contributed by atoms with Crippen LogP contribution in [0.2, 0.25) is 0 Å². The number of hydrogen-bond acceptors (Lipinski definition) is 10. The van der Waals surface area contributed by atoms with E-state index in [1.165, 1.54) is 5.56 Å². The van der Waals surface area contributed by atoms with Crippen molar-refractivity contribution in [2.75, 3.05) is 13.3 Å². The molecule has 13 heteroatoms. The molecule has 0 spiro atoms. The fraction of sp³-hybridized carbons (Fsp3) is 0.188. The van der Waals surface area contributed by atoms with Crippen LogP contribution in [-0.2, 0) is 6.42 Å². The Bertz CT molecular complexity index is 1020. The SMILES string of the molecule is C1=NCCc2cc3c(cc21)OCO3.O=[N+]([O-])c1cc([N+](=O)[O-])c(O)c([N+](=O)[O-])c1. The van der Waals surface area contributed by atoms with Crippen molar-refractivity contribution >= 4 is 23.3 Å². The molecule has 0 radical (unpaired) electrons. The summed E-state index contributed by atoms with van der Waals surface area (Å²) in [7, 11) is 0. The van der Waals surface area contributed by atoms with Crippen LogP contribution in [0.4, 0.5) is 17.1 Å². The van der Waals surface area contributed by atoms with Crippen LogP contribution < -0.4 is 9.47 Å². The highest BCUT2D eigenvalue weighted by Gasteiger charge is 2.30. The van der Waals surface area contributed by atoms with Crippen LogP contribution in [0.3, 0.4) is 0 Å². The molecule has 2 aromatic carbocycles. The van der Waals surface area contributed by atoms with E-state index in [0.717, 1.165) is 30.0 Å². The maximum atomic E-state index is 10.4. The minimum absolute atomic E-state index is 0.343. The van der Waals surface area contributed by atoms with Crippen LogP contribution in [0.25, 0.3) is 0 Å². The van der Waals surface area contributed by atoms with E-state index in [0.29, 0.717) is 18.9 Å². The second-order valence-corrected chi connectivity index (χ2v) is 5.79. The highest BCUT2D eigenvalue weighted by atomic mass is 16.7. The first-order chi connectivity index (χ1) is 13.8. The van der Waals surface area contributed by atoms with Crippen molar-refractivity contribution in [3.63, 3.8) is 0 Å². The number of rotatable bonds is 3. The molecule has 2 aromatic rings. The fourth-order valence-electron chi connectivity index (χ4n) is 2.66. The highest BCUT2D eigenvalue weighted by molar-refractivity contribution is 5.84. The maximum absolute atomic E-state index is 10.4. The van der Waals surface area contributed by atoms with Gasteiger partial charge in [0.15, 0.2) is 11.5 Å². The normalized spacial score (nSPS) is 13.1. The molecule has 0 unspecified atom stereocenters. The molecule has 2 heterocycles. The maximum Gasteiger partial charge on any atom is 0.324 e. The molecular formula is C16H12N4O9. The molecule has 2 aliphatic rings. The number of nitro benzene ring substituents is 3. The second kappa shape index (κ2) is 7.75. The van der Waals surface area contributed by atoms with Gasteiger partial charge >= 0.3 is 11.4 Å². The lowest BCUT2D eigenvalue weighted by molar-refractivity contribution is -0.404. The average Bonchev–Trinajstić information content (AvgIpc) is 3.13. The number of nitrogens with zero attached hydrogens (tertiary/aromatic N) is 4. The van der Waals surface area contributed by atoms with Gasteiger partial charge in [-0.1, -0.05) is 0 Å². The van der Waals surface area contributed by atoms with Gasteiger partial charge < -0.3 is 14.6 Å². The first-order valence-corrected chi connectivity index (χ1v) is 8.00. The number of benzene rings is 2. The van der Waals surface area contributed by atoms with Gasteiger partial charge in [-0.25, -0.2) is 0 Å². The zero-order valence-electron chi connectivity index (χ0n) is 14.5. The lowest BCUT2D eigenvalue weighted by Crippen LogP contribution is -2.02. The van der Waals surface area contributed by atoms with Crippen molar-refractivity contribution in [1.29, 1.82) is 0 Å². The number of nitro groups is 3. The van der Waals surface area contributed by atoms with E-state index < -0.39 is 37.6 Å². The van der Waals surface area contributed by atoms with Gasteiger partial charge in [0.1, 0.15) is 0 Å². The number of ether oxygens (including phenoxy) is 2. The molecule has 0 bridgehead atoms. The van der Waals surface area contributed by atoms with Crippen molar-refractivity contribution in [3.05, 3.63) is 65.7 Å². The van der Waals surface area contributed by atoms with Gasteiger partial charge in [0.05, 0.1) is 26.9 Å². The van der Waals surface area contributed by atoms with Gasteiger partial charge in [-0.2, -0.15) is 0 Å². The lowest BCUT2D eigenvalue weighted by atomic mass is 10.0. The number of aromatic hydroxyl groups is 1. The van der Waals surface area contributed by atoms with Crippen LogP contribution >= 0.6 is 0 Å². The molecule has 150 valence electrons. The Morgan fingerprint density at radius 3 is 2.03 bits per heavy atom. The monoisotopic (exact) mass is 404 g/mol. The fourth-order valence-corrected chi connectivity index (χ4v) is 2.66. The van der Waals surface area contributed by atoms with E-state index >= 15 is 0 Å². The average molecular weight is 404 g/mol. The van der Waals surface area contributed by atoms with Crippen molar-refractivity contribution in [3.8, 4) is 17.2 Å². The number of aliphatic imine (C=N–C) groups is 1. The Hall–Kier alpha value is -4.29. The van der Waals surface area contributed by atoms with Crippen LogP contribution in [0.5, 0.6) is 17.2 Å². The smallest absolute Gasteiger partial charge is 0.324 e. The van der Waals surface area contributed by atoms with Crippen LogP contribution in [0.1, 0.15) is 11.1 Å². The third-order valence-electron chi connectivity index (χ3n) is 4.03. The van der Waals surface area contributed by atoms with Crippen molar-refractivity contribution < 1.29 is 29.4 Å². The standard InChI is InChI=1S/C10H9NO2.C6H3N3O7/c1-2-11-5-8-4-10-9(3-7(1)8)12-6-13-10;10-6-4(8(13)14)1-3(7(11)12)2-5(6)9(15)16/h3-5H,1-2,6H2;1-2,10H. The molecule has 29 heavy (non-hydrogen) atoms. The van der Waals surface area contributed by atoms with Gasteiger partial charge in [0.25, 0.3) is 11.4 Å². The predicted molar refractivity (Wildman–Crippen MR) is 96.8 cm³/mol. The minimum Gasteiger partial charge on any atom is -0.497 e. The Labute approximate surface area is 161 Å². The van der Waals surface area contributed by atoms with E-state index in [4.69, 9.17) is 14.6 Å². The summed E-state index contributed by atoms with van der Waals surface area (Å²) in [4.78, 5) is 32.0. The quantitative estimate of drug-likeness (QED) is 0.593. The summed E-state index contributed by atoms with van der Waals surface area (Å²) < 4.78 is 10.6. The molecule has 1 N–H and O–H groups in total. The summed E-state index contributed by atoms with van der Waals surface area (Å²) in [5.41, 5.74) is -0.534. The largest absolute Gasteiger partial charge is 0.497 e. The third-order valence-corrected chi connectivity index (χ3v) is 4.03. The molecule has 2 aliphatic heterocycles. The summed E-state index contributed by atoms with van der Waals surface area (Å²) in [5.74, 6) is 0.502. The number of phenolic OH excluding ortho intramolecular Hbond substituents is 1. The van der Waals surface area contributed by atoms with Gasteiger partial charge in [-0.05, 0) is 29.7 Å². The molecule has 0 aromatic heterocycles. The van der Waals surface area contributed by atoms with Crippen molar-refractivity contribution in [1.82, 2.24) is 0 Å². The Morgan fingerprint density at radius 1 is 0.897 bits per heavy atom. The third kappa shape index (κ3) is 4.02. The van der Waals surface area contributed by atoms with Crippen LogP contribution in [0, 0.1) is 30.3 Å². The Balaban J connectivity index is 0.000000168. The zero-order chi connectivity index (χ0) is 21.1. The summed E-state index contributed by atoms with van der Waals surface area (Å²) >= 11 is 0. The molecule has 0 saturated heterocycles. The van der Waals surface area contributed by atoms with Crippen molar-refractivity contribution in [2.24, 2.45) is 4.99 Å². The van der Waals surface area contributed by atoms with Crippen LogP contribution in [-0.4, -0.2) is 39.4 Å². The van der Waals surface area contributed by atoms with E-state index in [1.807, 2.05) is 12.3 Å². The minimum atomic E-state index is -1.21. The Kier molecular flexibility index (Phi) is 5.21. The first-order valence-electron chi connectivity index (χ1n) is 8.00. The molecule has 0 amide bonds. The van der Waals surface area contributed by atoms with Crippen LogP contribution in [0.15, 0.2) is 29.3 Å². The highest BCUT2D eigenvalue weighted by Crippen LogP contribution is 2.39. The summed E-state index contributed by atoms with van der Waals surface area (Å²) in [5, 5.41) is 40.2. The summed E-state index contributed by atoms with van der Waals surface area (Å²) in [6, 6.07) is 4.95. The van der Waals surface area contributed by atoms with E-state index in [1.54, 1.807) is 0 Å². The van der Waals surface area contributed by atoms with Gasteiger partial charge in [-0.3, -0.25) is 35.3 Å². The van der Waals surface area contributed by atoms with E-state index in [-0.39, 0.29) is 0 Å². The number of phenols is 1. The molecule has 0 saturated carbocycles. The van der Waals surface area contributed by atoms with Gasteiger partial charge in [0, 0.05) is 12.8 Å².